The van der Waals surface area contributed by atoms with Crippen molar-refractivity contribution in [2.75, 3.05) is 27.1 Å². The smallest absolute Gasteiger partial charge is 0.261 e. The molecular formula is C22H32O3Si. The predicted molar refractivity (Wildman–Crippen MR) is 111 cm³/mol. The van der Waals surface area contributed by atoms with Crippen LogP contribution in [0.15, 0.2) is 60.7 Å². The fraction of sp³-hybridized carbons (Fsp3) is 0.455. The Morgan fingerprint density at radius 1 is 0.769 bits per heavy atom. The number of hydrogen-bond donors (Lipinski definition) is 0. The molecule has 3 nitrogen and oxygen atoms in total. The Morgan fingerprint density at radius 3 is 1.73 bits per heavy atom. The van der Waals surface area contributed by atoms with Crippen LogP contribution in [0.4, 0.5) is 0 Å². The van der Waals surface area contributed by atoms with E-state index in [-0.39, 0.29) is 5.04 Å². The first-order chi connectivity index (χ1) is 12.5. The molecule has 0 aliphatic rings. The normalized spacial score (nSPS) is 12.3. The molecule has 0 aromatic heterocycles. The first-order valence-corrected chi connectivity index (χ1v) is 11.2. The standard InChI is InChI=1S/C22H32O3Si/c1-22(2,3)26(20-13-7-5-8-14-20,21-15-9-6-10-16-21)25-18-12-11-17-24-19-23-4/h5-10,13-16H,11-12,17-19H2,1-4H3. The van der Waals surface area contributed by atoms with E-state index in [0.717, 1.165) is 19.4 Å². The van der Waals surface area contributed by atoms with E-state index in [1.165, 1.54) is 10.4 Å². The highest BCUT2D eigenvalue weighted by molar-refractivity contribution is 6.99. The van der Waals surface area contributed by atoms with Gasteiger partial charge in [0.2, 0.25) is 0 Å². The van der Waals surface area contributed by atoms with Crippen LogP contribution in [0.5, 0.6) is 0 Å². The molecule has 26 heavy (non-hydrogen) atoms. The Labute approximate surface area is 159 Å². The lowest BCUT2D eigenvalue weighted by Crippen LogP contribution is -2.66. The van der Waals surface area contributed by atoms with Crippen LogP contribution >= 0.6 is 0 Å². The Morgan fingerprint density at radius 2 is 1.27 bits per heavy atom. The molecule has 0 fully saturated rings. The molecule has 0 amide bonds. The van der Waals surface area contributed by atoms with Crippen molar-refractivity contribution < 1.29 is 13.9 Å². The second-order valence-electron chi connectivity index (χ2n) is 7.53. The number of hydrogen-bond acceptors (Lipinski definition) is 3. The van der Waals surface area contributed by atoms with Gasteiger partial charge in [-0.1, -0.05) is 81.4 Å². The van der Waals surface area contributed by atoms with Crippen molar-refractivity contribution in [2.24, 2.45) is 0 Å². The third-order valence-corrected chi connectivity index (χ3v) is 9.66. The van der Waals surface area contributed by atoms with Crippen LogP contribution in [0.2, 0.25) is 5.04 Å². The quantitative estimate of drug-likeness (QED) is 0.359. The van der Waals surface area contributed by atoms with Crippen LogP contribution in [0.25, 0.3) is 0 Å². The first kappa shape index (κ1) is 20.8. The molecule has 0 aliphatic carbocycles. The Kier molecular flexibility index (Phi) is 8.03. The van der Waals surface area contributed by atoms with E-state index in [2.05, 4.69) is 81.4 Å². The second kappa shape index (κ2) is 10.0. The van der Waals surface area contributed by atoms with E-state index >= 15 is 0 Å². The van der Waals surface area contributed by atoms with E-state index in [4.69, 9.17) is 13.9 Å². The first-order valence-electron chi connectivity index (χ1n) is 9.34. The lowest BCUT2D eigenvalue weighted by molar-refractivity contribution is -0.0320. The van der Waals surface area contributed by atoms with Gasteiger partial charge >= 0.3 is 0 Å². The van der Waals surface area contributed by atoms with E-state index in [1.54, 1.807) is 7.11 Å². The molecule has 0 bridgehead atoms. The van der Waals surface area contributed by atoms with Gasteiger partial charge in [-0.25, -0.2) is 0 Å². The third-order valence-electron chi connectivity index (χ3n) is 4.62. The van der Waals surface area contributed by atoms with Crippen molar-refractivity contribution in [1.29, 1.82) is 0 Å². The molecule has 0 saturated carbocycles. The van der Waals surface area contributed by atoms with Gasteiger partial charge in [-0.2, -0.15) is 0 Å². The maximum Gasteiger partial charge on any atom is 0.261 e. The van der Waals surface area contributed by atoms with Gasteiger partial charge < -0.3 is 13.9 Å². The SMILES string of the molecule is COCOCCCCO[Si](c1ccccc1)(c1ccccc1)C(C)(C)C. The summed E-state index contributed by atoms with van der Waals surface area (Å²) in [6.07, 6.45) is 1.95. The van der Waals surface area contributed by atoms with Crippen molar-refractivity contribution in [3.63, 3.8) is 0 Å². The number of unbranched alkanes of at least 4 members (excludes halogenated alkanes) is 1. The van der Waals surface area contributed by atoms with E-state index < -0.39 is 8.32 Å². The molecule has 2 aromatic carbocycles. The van der Waals surface area contributed by atoms with Gasteiger partial charge in [0.1, 0.15) is 6.79 Å². The summed E-state index contributed by atoms with van der Waals surface area (Å²) in [5.41, 5.74) is 0. The summed E-state index contributed by atoms with van der Waals surface area (Å²) in [4.78, 5) is 0. The molecule has 0 aliphatic heterocycles. The summed E-state index contributed by atoms with van der Waals surface area (Å²) in [6.45, 7) is 8.72. The maximum absolute atomic E-state index is 6.82. The van der Waals surface area contributed by atoms with Crippen LogP contribution in [0.1, 0.15) is 33.6 Å². The van der Waals surface area contributed by atoms with Gasteiger partial charge in [-0.15, -0.1) is 0 Å². The molecule has 0 radical (unpaired) electrons. The van der Waals surface area contributed by atoms with Crippen LogP contribution in [-0.2, 0) is 13.9 Å². The molecule has 0 spiro atoms. The second-order valence-corrected chi connectivity index (χ2v) is 11.8. The summed E-state index contributed by atoms with van der Waals surface area (Å²) in [6, 6.07) is 21.5. The van der Waals surface area contributed by atoms with E-state index in [1.807, 2.05) is 0 Å². The molecule has 0 atom stereocenters. The molecular weight excluding hydrogens is 340 g/mol. The summed E-state index contributed by atoms with van der Waals surface area (Å²) in [5.74, 6) is 0. The van der Waals surface area contributed by atoms with Crippen LogP contribution in [0.3, 0.4) is 0 Å². The van der Waals surface area contributed by atoms with Gasteiger partial charge in [0.05, 0.1) is 0 Å². The number of methoxy groups -OCH3 is 1. The molecule has 0 heterocycles. The average Bonchev–Trinajstić information content (AvgIpc) is 2.64. The van der Waals surface area contributed by atoms with Crippen molar-refractivity contribution >= 4 is 18.7 Å². The van der Waals surface area contributed by atoms with E-state index in [9.17, 15) is 0 Å². The maximum atomic E-state index is 6.82. The number of benzene rings is 2. The van der Waals surface area contributed by atoms with Gasteiger partial charge in [-0.05, 0) is 28.3 Å². The zero-order valence-electron chi connectivity index (χ0n) is 16.5. The van der Waals surface area contributed by atoms with Crippen LogP contribution in [0, 0.1) is 0 Å². The van der Waals surface area contributed by atoms with Crippen molar-refractivity contribution in [2.45, 2.75) is 38.7 Å². The minimum atomic E-state index is -2.39. The van der Waals surface area contributed by atoms with Gasteiger partial charge in [0.25, 0.3) is 8.32 Å². The van der Waals surface area contributed by atoms with Crippen LogP contribution < -0.4 is 10.4 Å². The summed E-state index contributed by atoms with van der Waals surface area (Å²) in [7, 11) is -0.745. The Hall–Kier alpha value is -1.46. The highest BCUT2D eigenvalue weighted by Gasteiger charge is 2.49. The minimum Gasteiger partial charge on any atom is -0.407 e. The third kappa shape index (κ3) is 5.04. The lowest BCUT2D eigenvalue weighted by atomic mass is 10.2. The monoisotopic (exact) mass is 372 g/mol. The van der Waals surface area contributed by atoms with Gasteiger partial charge in [0, 0.05) is 20.3 Å². The fourth-order valence-electron chi connectivity index (χ4n) is 3.44. The molecule has 0 unspecified atom stereocenters. The predicted octanol–water partition coefficient (Wildman–Crippen LogP) is 3.96. The highest BCUT2D eigenvalue weighted by atomic mass is 28.4. The molecule has 2 rings (SSSR count). The van der Waals surface area contributed by atoms with Crippen molar-refractivity contribution in [3.05, 3.63) is 60.7 Å². The number of ether oxygens (including phenoxy) is 2. The highest BCUT2D eigenvalue weighted by Crippen LogP contribution is 2.36. The average molecular weight is 373 g/mol. The van der Waals surface area contributed by atoms with Crippen molar-refractivity contribution in [3.8, 4) is 0 Å². The van der Waals surface area contributed by atoms with Gasteiger partial charge in [-0.3, -0.25) is 0 Å². The number of rotatable bonds is 10. The summed E-state index contributed by atoms with van der Waals surface area (Å²) in [5, 5.41) is 2.69. The molecule has 2 aromatic rings. The molecule has 0 N–H and O–H groups in total. The Bertz CT molecular complexity index is 583. The van der Waals surface area contributed by atoms with Gasteiger partial charge in [0.15, 0.2) is 0 Å². The molecule has 0 saturated heterocycles. The molecule has 4 heteroatoms. The Balaban J connectivity index is 2.24. The summed E-state index contributed by atoms with van der Waals surface area (Å²) < 4.78 is 17.1. The zero-order valence-corrected chi connectivity index (χ0v) is 17.5. The van der Waals surface area contributed by atoms with Crippen LogP contribution in [-0.4, -0.2) is 35.4 Å². The topological polar surface area (TPSA) is 27.7 Å². The fourth-order valence-corrected chi connectivity index (χ4v) is 8.04. The minimum absolute atomic E-state index is 0.0300. The van der Waals surface area contributed by atoms with Crippen molar-refractivity contribution in [1.82, 2.24) is 0 Å². The molecule has 142 valence electrons. The summed E-state index contributed by atoms with van der Waals surface area (Å²) >= 11 is 0. The lowest BCUT2D eigenvalue weighted by Gasteiger charge is -2.43. The largest absolute Gasteiger partial charge is 0.407 e. The zero-order chi connectivity index (χ0) is 18.9. The van der Waals surface area contributed by atoms with E-state index in [0.29, 0.717) is 13.4 Å².